The zero-order chi connectivity index (χ0) is 22.4. The van der Waals surface area contributed by atoms with Gasteiger partial charge in [-0.05, 0) is 31.2 Å². The van der Waals surface area contributed by atoms with Crippen molar-refractivity contribution in [3.8, 4) is 17.2 Å². The monoisotopic (exact) mass is 438 g/mol. The SMILES string of the molecule is C[C@@H](NC(=O)COc1cccc(OC(F)(F)F)c1)c1ccc(OCC(F)(F)F)cn1. The molecule has 1 aromatic heterocycles. The van der Waals surface area contributed by atoms with E-state index < -0.39 is 43.5 Å². The van der Waals surface area contributed by atoms with Gasteiger partial charge in [0.05, 0.1) is 17.9 Å². The third-order valence-electron chi connectivity index (χ3n) is 3.39. The highest BCUT2D eigenvalue weighted by molar-refractivity contribution is 5.77. The maximum Gasteiger partial charge on any atom is 0.573 e. The van der Waals surface area contributed by atoms with Gasteiger partial charge >= 0.3 is 12.5 Å². The number of nitrogens with zero attached hydrogens (tertiary/aromatic N) is 1. The summed E-state index contributed by atoms with van der Waals surface area (Å²) in [5, 5.41) is 2.54. The summed E-state index contributed by atoms with van der Waals surface area (Å²) in [5.74, 6) is -1.18. The molecule has 30 heavy (non-hydrogen) atoms. The van der Waals surface area contributed by atoms with E-state index in [4.69, 9.17) is 4.74 Å². The van der Waals surface area contributed by atoms with Crippen molar-refractivity contribution in [3.05, 3.63) is 48.3 Å². The van der Waals surface area contributed by atoms with Gasteiger partial charge in [-0.25, -0.2) is 0 Å². The van der Waals surface area contributed by atoms with Gasteiger partial charge in [-0.3, -0.25) is 9.78 Å². The van der Waals surface area contributed by atoms with Crippen LogP contribution in [0.2, 0.25) is 0 Å². The van der Waals surface area contributed by atoms with Crippen molar-refractivity contribution in [1.29, 1.82) is 0 Å². The van der Waals surface area contributed by atoms with Gasteiger partial charge in [0.2, 0.25) is 0 Å². The minimum absolute atomic E-state index is 0.0103. The lowest BCUT2D eigenvalue weighted by atomic mass is 10.2. The van der Waals surface area contributed by atoms with Gasteiger partial charge in [0.25, 0.3) is 5.91 Å². The molecular formula is C18H16F6N2O4. The number of pyridine rings is 1. The van der Waals surface area contributed by atoms with Gasteiger partial charge in [-0.15, -0.1) is 13.2 Å². The van der Waals surface area contributed by atoms with Crippen LogP contribution < -0.4 is 19.5 Å². The Balaban J connectivity index is 1.84. The summed E-state index contributed by atoms with van der Waals surface area (Å²) in [4.78, 5) is 15.9. The molecule has 1 heterocycles. The number of benzene rings is 1. The standard InChI is InChI=1S/C18H16F6N2O4/c1-11(15-6-5-14(8-25-15)29-10-17(19,20)21)26-16(27)9-28-12-3-2-4-13(7-12)30-18(22,23)24/h2-8,11H,9-10H2,1H3,(H,26,27)/t11-/m1/s1. The highest BCUT2D eigenvalue weighted by Gasteiger charge is 2.31. The molecule has 0 aliphatic rings. The second-order valence-corrected chi connectivity index (χ2v) is 5.92. The fraction of sp³-hybridized carbons (Fsp3) is 0.333. The smallest absolute Gasteiger partial charge is 0.484 e. The van der Waals surface area contributed by atoms with E-state index in [0.717, 1.165) is 18.3 Å². The number of amides is 1. The molecule has 0 spiro atoms. The Hall–Kier alpha value is -3.18. The van der Waals surface area contributed by atoms with Crippen LogP contribution in [0.25, 0.3) is 0 Å². The molecule has 2 rings (SSSR count). The molecule has 12 heteroatoms. The molecule has 164 valence electrons. The second kappa shape index (κ2) is 9.55. The molecule has 1 amide bonds. The summed E-state index contributed by atoms with van der Waals surface area (Å²) < 4.78 is 86.5. The summed E-state index contributed by atoms with van der Waals surface area (Å²) >= 11 is 0. The van der Waals surface area contributed by atoms with Crippen LogP contribution in [0.1, 0.15) is 18.7 Å². The molecule has 0 bridgehead atoms. The largest absolute Gasteiger partial charge is 0.573 e. The Morgan fingerprint density at radius 2 is 1.73 bits per heavy atom. The highest BCUT2D eigenvalue weighted by Crippen LogP contribution is 2.26. The number of ether oxygens (including phenoxy) is 3. The number of alkyl halides is 6. The van der Waals surface area contributed by atoms with Crippen LogP contribution in [0.15, 0.2) is 42.6 Å². The third kappa shape index (κ3) is 8.45. The first-order chi connectivity index (χ1) is 13.9. The Kier molecular flexibility index (Phi) is 7.35. The van der Waals surface area contributed by atoms with E-state index in [9.17, 15) is 31.1 Å². The van der Waals surface area contributed by atoms with E-state index in [1.54, 1.807) is 6.92 Å². The lowest BCUT2D eigenvalue weighted by molar-refractivity contribution is -0.274. The number of hydrogen-bond acceptors (Lipinski definition) is 5. The molecular weight excluding hydrogens is 422 g/mol. The van der Waals surface area contributed by atoms with Crippen molar-refractivity contribution in [2.75, 3.05) is 13.2 Å². The molecule has 1 N–H and O–H groups in total. The predicted molar refractivity (Wildman–Crippen MR) is 91.0 cm³/mol. The van der Waals surface area contributed by atoms with Crippen molar-refractivity contribution >= 4 is 5.91 Å². The maximum absolute atomic E-state index is 12.2. The number of carbonyl (C=O) groups excluding carboxylic acids is 1. The summed E-state index contributed by atoms with van der Waals surface area (Å²) in [6.07, 6.45) is -8.24. The van der Waals surface area contributed by atoms with E-state index in [-0.39, 0.29) is 11.5 Å². The van der Waals surface area contributed by atoms with Crippen molar-refractivity contribution in [2.24, 2.45) is 0 Å². The predicted octanol–water partition coefficient (Wildman–Crippen LogP) is 4.18. The third-order valence-corrected chi connectivity index (χ3v) is 3.39. The molecule has 1 aromatic carbocycles. The number of nitrogens with one attached hydrogen (secondary N) is 1. The van der Waals surface area contributed by atoms with Crippen molar-refractivity contribution < 1.29 is 45.3 Å². The molecule has 2 aromatic rings. The Labute approximate surface area is 166 Å². The van der Waals surface area contributed by atoms with Crippen LogP contribution in [0, 0.1) is 0 Å². The van der Waals surface area contributed by atoms with E-state index >= 15 is 0 Å². The summed E-state index contributed by atoms with van der Waals surface area (Å²) in [7, 11) is 0. The van der Waals surface area contributed by atoms with Gasteiger partial charge in [0, 0.05) is 6.07 Å². The lowest BCUT2D eigenvalue weighted by Gasteiger charge is -2.15. The van der Waals surface area contributed by atoms with Crippen LogP contribution in [-0.2, 0) is 4.79 Å². The summed E-state index contributed by atoms with van der Waals surface area (Å²) in [6.45, 7) is -0.367. The van der Waals surface area contributed by atoms with E-state index in [1.807, 2.05) is 0 Å². The first-order valence-corrected chi connectivity index (χ1v) is 8.35. The molecule has 6 nitrogen and oxygen atoms in total. The van der Waals surface area contributed by atoms with Gasteiger partial charge < -0.3 is 19.5 Å². The maximum atomic E-state index is 12.2. The molecule has 0 unspecified atom stereocenters. The van der Waals surface area contributed by atoms with Crippen molar-refractivity contribution in [2.45, 2.75) is 25.5 Å². The van der Waals surface area contributed by atoms with Crippen LogP contribution in [0.3, 0.4) is 0 Å². The highest BCUT2D eigenvalue weighted by atomic mass is 19.4. The lowest BCUT2D eigenvalue weighted by Crippen LogP contribution is -2.31. The zero-order valence-corrected chi connectivity index (χ0v) is 15.4. The number of aromatic nitrogens is 1. The van der Waals surface area contributed by atoms with E-state index in [2.05, 4.69) is 19.8 Å². The molecule has 0 aliphatic carbocycles. The summed E-state index contributed by atoms with van der Waals surface area (Å²) in [5.41, 5.74) is 0.350. The summed E-state index contributed by atoms with van der Waals surface area (Å²) in [6, 6.07) is 6.72. The number of rotatable bonds is 8. The minimum atomic E-state index is -4.86. The number of halogens is 6. The fourth-order valence-corrected chi connectivity index (χ4v) is 2.17. The topological polar surface area (TPSA) is 69.7 Å². The fourth-order valence-electron chi connectivity index (χ4n) is 2.17. The molecule has 0 saturated carbocycles. The van der Waals surface area contributed by atoms with Gasteiger partial charge in [0.1, 0.15) is 17.2 Å². The normalized spacial score (nSPS) is 12.8. The zero-order valence-electron chi connectivity index (χ0n) is 15.4. The first-order valence-electron chi connectivity index (χ1n) is 8.35. The minimum Gasteiger partial charge on any atom is -0.484 e. The quantitative estimate of drug-likeness (QED) is 0.627. The van der Waals surface area contributed by atoms with Gasteiger partial charge in [0.15, 0.2) is 13.2 Å². The Bertz CT molecular complexity index is 840. The first kappa shape index (κ1) is 23.1. The van der Waals surface area contributed by atoms with Crippen LogP contribution >= 0.6 is 0 Å². The molecule has 0 radical (unpaired) electrons. The Morgan fingerprint density at radius 3 is 2.33 bits per heavy atom. The van der Waals surface area contributed by atoms with Crippen LogP contribution in [0.4, 0.5) is 26.3 Å². The number of carbonyl (C=O) groups is 1. The molecule has 1 atom stereocenters. The van der Waals surface area contributed by atoms with Crippen molar-refractivity contribution in [3.63, 3.8) is 0 Å². The van der Waals surface area contributed by atoms with E-state index in [0.29, 0.717) is 5.69 Å². The average Bonchev–Trinajstić information content (AvgIpc) is 2.63. The average molecular weight is 438 g/mol. The van der Waals surface area contributed by atoms with Crippen molar-refractivity contribution in [1.82, 2.24) is 10.3 Å². The second-order valence-electron chi connectivity index (χ2n) is 5.92. The van der Waals surface area contributed by atoms with Gasteiger partial charge in [-0.2, -0.15) is 13.2 Å². The molecule has 0 aliphatic heterocycles. The van der Waals surface area contributed by atoms with Crippen LogP contribution in [-0.4, -0.2) is 36.6 Å². The van der Waals surface area contributed by atoms with Gasteiger partial charge in [-0.1, -0.05) is 6.07 Å². The molecule has 0 fully saturated rings. The number of hydrogen-bond donors (Lipinski definition) is 1. The van der Waals surface area contributed by atoms with Crippen LogP contribution in [0.5, 0.6) is 17.2 Å². The van der Waals surface area contributed by atoms with E-state index in [1.165, 1.54) is 24.3 Å². The molecule has 0 saturated heterocycles. The Morgan fingerprint density at radius 1 is 1.03 bits per heavy atom.